The number of hydrogen-bond acceptors (Lipinski definition) is 14. The molecule has 0 spiro atoms. The second-order valence-electron chi connectivity index (χ2n) is 18.6. The third-order valence-electron chi connectivity index (χ3n) is 14.1. The van der Waals surface area contributed by atoms with E-state index in [-0.39, 0.29) is 31.8 Å². The molecule has 0 bridgehead atoms. The number of aromatic nitrogens is 10. The van der Waals surface area contributed by atoms with E-state index in [1.54, 1.807) is 0 Å². The fraction of sp³-hybridized carbons (Fsp3) is 0.440. The van der Waals surface area contributed by atoms with Crippen LogP contribution in [0.25, 0.3) is 43.9 Å². The molecule has 2 aliphatic heterocycles. The maximum absolute atomic E-state index is 10.3. The normalized spacial score (nSPS) is 22.3. The first-order chi connectivity index (χ1) is 31.3. The average Bonchev–Trinajstić information content (AvgIpc) is 3.82. The number of hydrogen-bond donors (Lipinski definition) is 5. The second-order valence-corrected chi connectivity index (χ2v) is 18.6. The van der Waals surface area contributed by atoms with Crippen molar-refractivity contribution in [1.29, 1.82) is 0 Å². The fourth-order valence-electron chi connectivity index (χ4n) is 10.5. The smallest absolute Gasteiger partial charge is 0.870 e. The van der Waals surface area contributed by atoms with Gasteiger partial charge in [-0.05, 0) is 98.6 Å². The second kappa shape index (κ2) is 20.3. The van der Waals surface area contributed by atoms with E-state index in [1.807, 2.05) is 55.4 Å². The molecule has 0 radical (unpaired) electrons. The molecule has 8 aromatic heterocycles. The molecule has 2 saturated carbocycles. The van der Waals surface area contributed by atoms with Crippen LogP contribution in [0.5, 0.6) is 0 Å². The molecule has 0 amide bonds. The summed E-state index contributed by atoms with van der Waals surface area (Å²) < 4.78 is 4.77. The number of β-amino-alcohol motifs (C(OH)–C–C–N with tert-alkyl or cyclic N) is 1. The van der Waals surface area contributed by atoms with E-state index in [0.717, 1.165) is 99.9 Å². The van der Waals surface area contributed by atoms with Gasteiger partial charge in [-0.1, -0.05) is 40.3 Å². The number of aliphatic hydroxyl groups is 1. The quantitative estimate of drug-likeness (QED) is 0.112. The van der Waals surface area contributed by atoms with Crippen LogP contribution in [0.1, 0.15) is 126 Å². The molecule has 8 aromatic rings. The van der Waals surface area contributed by atoms with E-state index in [9.17, 15) is 5.11 Å². The Balaban J connectivity index is 0.000000174. The molecule has 2 aliphatic carbocycles. The Morgan fingerprint density at radius 3 is 1.54 bits per heavy atom. The Bertz CT molecular complexity index is 2790. The van der Waals surface area contributed by atoms with Crippen LogP contribution in [0.4, 0.5) is 23.5 Å². The van der Waals surface area contributed by atoms with Crippen molar-refractivity contribution < 1.29 is 29.4 Å². The van der Waals surface area contributed by atoms with Crippen molar-refractivity contribution in [3.8, 4) is 0 Å². The monoisotopic (exact) mass is 897 g/mol. The molecule has 0 saturated heterocycles. The van der Waals surface area contributed by atoms with Crippen molar-refractivity contribution in [3.05, 3.63) is 96.1 Å². The first-order valence-electron chi connectivity index (χ1n) is 23.2. The number of anilines is 4. The number of nitrogens with zero attached hydrogens (tertiary/aromatic N) is 10. The summed E-state index contributed by atoms with van der Waals surface area (Å²) in [7, 11) is 0. The molecule has 2 atom stereocenters. The Labute approximate surface area is 403 Å². The molecule has 10 heterocycles. The Hall–Kier alpha value is -5.60. The molecule has 67 heavy (non-hydrogen) atoms. The van der Waals surface area contributed by atoms with Gasteiger partial charge in [0.05, 0.1) is 34.8 Å². The van der Waals surface area contributed by atoms with Crippen LogP contribution in [0.3, 0.4) is 0 Å². The maximum Gasteiger partial charge on any atom is 1.00 e. The molecule has 2 unspecified atom stereocenters. The minimum Gasteiger partial charge on any atom is -0.870 e. The van der Waals surface area contributed by atoms with E-state index < -0.39 is 6.10 Å². The molecule has 4 aliphatic rings. The SMILES string of the molecule is C.CC1CCC(n2c3cnccc3c3cnc(Nc4ccc5c(n4)C(C)CNC5)nc32)CC1.CC1CCC(n2c3cnccc3c3cnc(Nc4ccc5c(n4)C(O)CNC5)nc32)CC1.[Li+].[OH-]. The maximum atomic E-state index is 10.3. The Morgan fingerprint density at radius 2 is 1.03 bits per heavy atom. The first-order valence-corrected chi connectivity index (χ1v) is 23.2. The summed E-state index contributed by atoms with van der Waals surface area (Å²) in [5.74, 6) is 4.52. The van der Waals surface area contributed by atoms with Crippen molar-refractivity contribution in [1.82, 2.24) is 59.6 Å². The molecule has 16 nitrogen and oxygen atoms in total. The molecule has 344 valence electrons. The van der Waals surface area contributed by atoms with Crippen molar-refractivity contribution in [2.45, 2.75) is 117 Å². The molecule has 12 rings (SSSR count). The number of fused-ring (bicyclic) bond motifs is 8. The predicted molar refractivity (Wildman–Crippen MR) is 259 cm³/mol. The van der Waals surface area contributed by atoms with Crippen molar-refractivity contribution in [3.63, 3.8) is 0 Å². The number of pyridine rings is 4. The average molecular weight is 897 g/mol. The zero-order chi connectivity index (χ0) is 43.3. The van der Waals surface area contributed by atoms with Gasteiger partial charge in [0, 0.05) is 90.5 Å². The van der Waals surface area contributed by atoms with Crippen LogP contribution >= 0.6 is 0 Å². The molecule has 17 heteroatoms. The molecular weight excluding hydrogens is 836 g/mol. The van der Waals surface area contributed by atoms with Crippen molar-refractivity contribution >= 4 is 67.4 Å². The minimum absolute atomic E-state index is 0. The standard InChI is InChI=1S/C25H29N7.C24H27N7O.CH4.Li.H2O/c1-15-3-6-18(7-4-15)32-21-14-26-10-9-19(21)20-13-28-25(31-24(20)32)30-22-8-5-17-12-27-11-16(2)23(17)29-22;1-14-2-5-16(6-3-14)31-19-12-25-9-8-17(19)18-11-27-24(30-23(18)31)29-21-7-4-15-10-26-13-20(32)22(15)28-21;;;/h5,8-10,13-16,18,27H,3-4,6-7,11-12H2,1-2H3,(H,28,29,30,31);4,7-9,11-12,14,16,20,26,32H,2-3,5-6,10,13H2,1H3,(H,27,28,29,30);1H4;;1H2/q;;;+1;/p-1. The van der Waals surface area contributed by atoms with Gasteiger partial charge >= 0.3 is 18.9 Å². The van der Waals surface area contributed by atoms with Gasteiger partial charge in [-0.2, -0.15) is 9.97 Å². The number of nitrogens with one attached hydrogen (secondary N) is 4. The number of rotatable bonds is 6. The fourth-order valence-corrected chi connectivity index (χ4v) is 10.5. The third kappa shape index (κ3) is 9.35. The molecule has 2 fully saturated rings. The van der Waals surface area contributed by atoms with Crippen LogP contribution in [-0.2, 0) is 13.1 Å². The van der Waals surface area contributed by atoms with E-state index in [2.05, 4.69) is 94.3 Å². The van der Waals surface area contributed by atoms with E-state index in [4.69, 9.17) is 15.0 Å². The van der Waals surface area contributed by atoms with Gasteiger partial charge in [-0.25, -0.2) is 19.9 Å². The Morgan fingerprint density at radius 1 is 0.567 bits per heavy atom. The summed E-state index contributed by atoms with van der Waals surface area (Å²) in [6, 6.07) is 13.1. The van der Waals surface area contributed by atoms with Crippen LogP contribution in [0.2, 0.25) is 0 Å². The number of aliphatic hydroxyl groups excluding tert-OH is 1. The predicted octanol–water partition coefficient (Wildman–Crippen LogP) is 6.55. The van der Waals surface area contributed by atoms with Gasteiger partial charge in [-0.15, -0.1) is 0 Å². The van der Waals surface area contributed by atoms with E-state index in [1.165, 1.54) is 49.5 Å². The van der Waals surface area contributed by atoms with Crippen molar-refractivity contribution in [2.24, 2.45) is 11.8 Å². The van der Waals surface area contributed by atoms with Crippen molar-refractivity contribution in [2.75, 3.05) is 23.7 Å². The summed E-state index contributed by atoms with van der Waals surface area (Å²) in [5.41, 5.74) is 8.36. The van der Waals surface area contributed by atoms with E-state index in [0.29, 0.717) is 48.0 Å². The zero-order valence-electron chi connectivity index (χ0n) is 38.2. The van der Waals surface area contributed by atoms with Gasteiger partial charge in [0.2, 0.25) is 11.9 Å². The van der Waals surface area contributed by atoms with Crippen LogP contribution < -0.4 is 40.1 Å². The summed E-state index contributed by atoms with van der Waals surface area (Å²) >= 11 is 0. The summed E-state index contributed by atoms with van der Waals surface area (Å²) in [5, 5.41) is 28.0. The zero-order valence-corrected chi connectivity index (χ0v) is 38.2. The van der Waals surface area contributed by atoms with Crippen LogP contribution in [-0.4, -0.2) is 72.7 Å². The third-order valence-corrected chi connectivity index (χ3v) is 14.1. The summed E-state index contributed by atoms with van der Waals surface area (Å²) in [6.07, 6.45) is 20.5. The minimum atomic E-state index is -0.604. The first kappa shape index (κ1) is 47.9. The largest absolute Gasteiger partial charge is 1.00 e. The molecule has 0 aromatic carbocycles. The van der Waals surface area contributed by atoms with Gasteiger partial charge < -0.3 is 41.0 Å². The summed E-state index contributed by atoms with van der Waals surface area (Å²) in [4.78, 5) is 37.5. The Kier molecular flexibility index (Phi) is 14.5. The van der Waals surface area contributed by atoms with Gasteiger partial charge in [-0.3, -0.25) is 9.97 Å². The molecule has 6 N–H and O–H groups in total. The summed E-state index contributed by atoms with van der Waals surface area (Å²) in [6.45, 7) is 9.98. The van der Waals surface area contributed by atoms with Gasteiger partial charge in [0.15, 0.2) is 0 Å². The molecular formula is C50H61LiN14O2. The van der Waals surface area contributed by atoms with E-state index >= 15 is 0 Å². The van der Waals surface area contributed by atoms with Gasteiger partial charge in [0.25, 0.3) is 0 Å². The topological polar surface area (TPSA) is 211 Å². The van der Waals surface area contributed by atoms with Gasteiger partial charge in [0.1, 0.15) is 29.0 Å². The van der Waals surface area contributed by atoms with Crippen LogP contribution in [0.15, 0.2) is 73.6 Å². The van der Waals surface area contributed by atoms with Crippen LogP contribution in [0, 0.1) is 11.8 Å².